The van der Waals surface area contributed by atoms with Gasteiger partial charge in [0.1, 0.15) is 11.9 Å². The van der Waals surface area contributed by atoms with E-state index in [0.29, 0.717) is 46.4 Å². The predicted molar refractivity (Wildman–Crippen MR) is 165 cm³/mol. The van der Waals surface area contributed by atoms with Crippen molar-refractivity contribution in [3.63, 3.8) is 0 Å². The number of para-hydroxylation sites is 1. The molecule has 0 saturated carbocycles. The number of urea groups is 2. The number of nitrogens with zero attached hydrogens (tertiary/aromatic N) is 2. The Labute approximate surface area is 255 Å². The Morgan fingerprint density at radius 1 is 0.955 bits per heavy atom. The number of aliphatic hydroxyl groups is 1. The fourth-order valence-electron chi connectivity index (χ4n) is 5.09. The molecule has 5 rings (SSSR count). The maximum absolute atomic E-state index is 13.5. The molecule has 12 heteroatoms. The summed E-state index contributed by atoms with van der Waals surface area (Å²) in [6.07, 6.45) is -0.490. The molecule has 0 radical (unpaired) electrons. The van der Waals surface area contributed by atoms with Gasteiger partial charge in [0.15, 0.2) is 11.5 Å². The van der Waals surface area contributed by atoms with Gasteiger partial charge in [-0.2, -0.15) is 0 Å². The number of nitrogens with one attached hydrogen (secondary N) is 3. The second-order valence-corrected chi connectivity index (χ2v) is 11.0. The normalized spacial score (nSPS) is 18.1. The molecule has 0 fully saturated rings. The van der Waals surface area contributed by atoms with Gasteiger partial charge in [0.2, 0.25) is 12.7 Å². The topological polar surface area (TPSA) is 142 Å². The van der Waals surface area contributed by atoms with Crippen molar-refractivity contribution in [3.05, 3.63) is 72.3 Å². The van der Waals surface area contributed by atoms with E-state index in [-0.39, 0.29) is 44.2 Å². The molecule has 5 amide bonds. The van der Waals surface area contributed by atoms with Crippen LogP contribution in [0.5, 0.6) is 17.2 Å². The Balaban J connectivity index is 1.34. The quantitative estimate of drug-likeness (QED) is 0.314. The zero-order valence-electron chi connectivity index (χ0n) is 24.9. The summed E-state index contributed by atoms with van der Waals surface area (Å²) < 4.78 is 17.2. The fourth-order valence-corrected chi connectivity index (χ4v) is 5.09. The molecule has 3 aromatic rings. The molecule has 4 N–H and O–H groups in total. The summed E-state index contributed by atoms with van der Waals surface area (Å²) in [6.45, 7) is 4.21. The third kappa shape index (κ3) is 7.32. The highest BCUT2D eigenvalue weighted by molar-refractivity contribution is 6.00. The van der Waals surface area contributed by atoms with E-state index < -0.39 is 18.2 Å². The number of likely N-dealkylation sites (N-methyl/N-ethyl adjacent to an activating group) is 1. The minimum Gasteiger partial charge on any atom is -0.488 e. The minimum atomic E-state index is -0.499. The third-order valence-corrected chi connectivity index (χ3v) is 7.63. The summed E-state index contributed by atoms with van der Waals surface area (Å²) in [5, 5.41) is 18.4. The van der Waals surface area contributed by atoms with Crippen molar-refractivity contribution in [2.24, 2.45) is 5.92 Å². The van der Waals surface area contributed by atoms with Gasteiger partial charge in [0.05, 0.1) is 25.6 Å². The number of ether oxygens (including phenoxy) is 3. The van der Waals surface area contributed by atoms with Gasteiger partial charge in [-0.15, -0.1) is 0 Å². The lowest BCUT2D eigenvalue weighted by Gasteiger charge is -2.34. The molecule has 0 aliphatic carbocycles. The summed E-state index contributed by atoms with van der Waals surface area (Å²) >= 11 is 0. The first-order valence-electron chi connectivity index (χ1n) is 14.4. The predicted octanol–water partition coefficient (Wildman–Crippen LogP) is 4.37. The summed E-state index contributed by atoms with van der Waals surface area (Å²) in [6, 6.07) is 18.2. The van der Waals surface area contributed by atoms with Gasteiger partial charge < -0.3 is 45.1 Å². The smallest absolute Gasteiger partial charge is 0.323 e. The van der Waals surface area contributed by atoms with Crippen molar-refractivity contribution in [1.29, 1.82) is 0 Å². The standard InChI is InChI=1S/C32H37N5O7/c1-20-16-37(21(2)18-38)30(39)14-22-13-24(34-31(40)33-23-7-5-4-6-8-23)9-11-26(22)44-29(20)17-36(3)32(41)35-25-10-12-27-28(15-25)43-19-42-27/h4-13,15,20-21,29,38H,14,16-19H2,1-3H3,(H,35,41)(H2,33,34,40)/t20-,21-,29-/m0/s1. The van der Waals surface area contributed by atoms with Gasteiger partial charge in [-0.25, -0.2) is 9.59 Å². The van der Waals surface area contributed by atoms with Crippen molar-refractivity contribution in [2.75, 3.05) is 49.5 Å². The van der Waals surface area contributed by atoms with Gasteiger partial charge in [0.25, 0.3) is 0 Å². The Morgan fingerprint density at radius 3 is 2.39 bits per heavy atom. The highest BCUT2D eigenvalue weighted by atomic mass is 16.7. The molecular formula is C32H37N5O7. The molecular weight excluding hydrogens is 566 g/mol. The summed E-state index contributed by atoms with van der Waals surface area (Å²) in [7, 11) is 1.67. The van der Waals surface area contributed by atoms with Gasteiger partial charge in [-0.05, 0) is 49.4 Å². The Hall–Kier alpha value is -4.97. The van der Waals surface area contributed by atoms with E-state index in [0.717, 1.165) is 0 Å². The summed E-state index contributed by atoms with van der Waals surface area (Å²) in [5.41, 5.74) is 2.27. The van der Waals surface area contributed by atoms with Crippen molar-refractivity contribution in [3.8, 4) is 17.2 Å². The zero-order valence-corrected chi connectivity index (χ0v) is 24.9. The van der Waals surface area contributed by atoms with E-state index in [4.69, 9.17) is 14.2 Å². The van der Waals surface area contributed by atoms with Crippen molar-refractivity contribution in [1.82, 2.24) is 9.80 Å². The van der Waals surface area contributed by atoms with E-state index in [9.17, 15) is 19.5 Å². The monoisotopic (exact) mass is 603 g/mol. The SMILES string of the molecule is C[C@H]1CN([C@@H](C)CO)C(=O)Cc2cc(NC(=O)Nc3ccccc3)ccc2O[C@H]1CN(C)C(=O)Nc1ccc2c(c1)OCO2. The van der Waals surface area contributed by atoms with E-state index in [1.54, 1.807) is 67.4 Å². The van der Waals surface area contributed by atoms with Crippen LogP contribution in [0.1, 0.15) is 19.4 Å². The van der Waals surface area contributed by atoms with Crippen LogP contribution in [0.2, 0.25) is 0 Å². The average Bonchev–Trinajstić information content (AvgIpc) is 3.49. The molecule has 44 heavy (non-hydrogen) atoms. The van der Waals surface area contributed by atoms with Crippen LogP contribution >= 0.6 is 0 Å². The maximum Gasteiger partial charge on any atom is 0.323 e. The van der Waals surface area contributed by atoms with E-state index in [1.807, 2.05) is 25.1 Å². The molecule has 2 aliphatic heterocycles. The summed E-state index contributed by atoms with van der Waals surface area (Å²) in [5.74, 6) is 1.28. The van der Waals surface area contributed by atoms with Crippen LogP contribution in [0.3, 0.4) is 0 Å². The number of hydrogen-bond acceptors (Lipinski definition) is 7. The van der Waals surface area contributed by atoms with Crippen LogP contribution in [0.15, 0.2) is 66.7 Å². The number of aliphatic hydroxyl groups excluding tert-OH is 1. The molecule has 0 aromatic heterocycles. The molecule has 2 aliphatic rings. The van der Waals surface area contributed by atoms with Gasteiger partial charge >= 0.3 is 12.1 Å². The molecule has 0 saturated heterocycles. The lowest BCUT2D eigenvalue weighted by atomic mass is 10.0. The Bertz CT molecular complexity index is 1500. The Morgan fingerprint density at radius 2 is 1.64 bits per heavy atom. The highest BCUT2D eigenvalue weighted by Crippen LogP contribution is 2.34. The molecule has 0 unspecified atom stereocenters. The number of amides is 5. The lowest BCUT2D eigenvalue weighted by molar-refractivity contribution is -0.134. The zero-order chi connectivity index (χ0) is 31.2. The molecule has 0 spiro atoms. The number of carbonyl (C=O) groups is 3. The van der Waals surface area contributed by atoms with E-state index >= 15 is 0 Å². The average molecular weight is 604 g/mol. The Kier molecular flexibility index (Phi) is 9.39. The first kappa shape index (κ1) is 30.5. The second kappa shape index (κ2) is 13.6. The van der Waals surface area contributed by atoms with Crippen LogP contribution < -0.4 is 30.2 Å². The molecule has 2 heterocycles. The van der Waals surface area contributed by atoms with Crippen molar-refractivity contribution in [2.45, 2.75) is 32.4 Å². The minimum absolute atomic E-state index is 0.00930. The molecule has 3 atom stereocenters. The summed E-state index contributed by atoms with van der Waals surface area (Å²) in [4.78, 5) is 42.4. The van der Waals surface area contributed by atoms with Crippen LogP contribution in [-0.2, 0) is 11.2 Å². The van der Waals surface area contributed by atoms with Gasteiger partial charge in [-0.1, -0.05) is 25.1 Å². The van der Waals surface area contributed by atoms with Crippen LogP contribution in [0.25, 0.3) is 0 Å². The van der Waals surface area contributed by atoms with Gasteiger partial charge in [0, 0.05) is 48.2 Å². The van der Waals surface area contributed by atoms with Crippen LogP contribution in [0, 0.1) is 5.92 Å². The van der Waals surface area contributed by atoms with Gasteiger partial charge in [-0.3, -0.25) is 4.79 Å². The molecule has 232 valence electrons. The van der Waals surface area contributed by atoms with E-state index in [2.05, 4.69) is 16.0 Å². The fraction of sp³-hybridized carbons (Fsp3) is 0.344. The molecule has 12 nitrogen and oxygen atoms in total. The largest absolute Gasteiger partial charge is 0.488 e. The number of fused-ring (bicyclic) bond motifs is 2. The molecule has 3 aromatic carbocycles. The third-order valence-electron chi connectivity index (χ3n) is 7.63. The lowest BCUT2D eigenvalue weighted by Crippen LogP contribution is -2.48. The first-order chi connectivity index (χ1) is 21.2. The number of benzene rings is 3. The van der Waals surface area contributed by atoms with Crippen LogP contribution in [0.4, 0.5) is 26.7 Å². The number of anilines is 3. The maximum atomic E-state index is 13.5. The number of hydrogen-bond donors (Lipinski definition) is 4. The van der Waals surface area contributed by atoms with Crippen LogP contribution in [-0.4, -0.2) is 78.6 Å². The van der Waals surface area contributed by atoms with E-state index in [1.165, 1.54) is 4.90 Å². The van der Waals surface area contributed by atoms with Crippen molar-refractivity contribution >= 4 is 35.0 Å². The first-order valence-corrected chi connectivity index (χ1v) is 14.4. The van der Waals surface area contributed by atoms with Crippen molar-refractivity contribution < 1.29 is 33.7 Å². The number of carbonyl (C=O) groups excluding carboxylic acids is 3. The second-order valence-electron chi connectivity index (χ2n) is 11.0. The highest BCUT2D eigenvalue weighted by Gasteiger charge is 2.32. The molecule has 0 bridgehead atoms. The number of rotatable bonds is 7.